The van der Waals surface area contributed by atoms with Gasteiger partial charge in [0.1, 0.15) is 11.9 Å². The Morgan fingerprint density at radius 3 is 2.48 bits per heavy atom. The van der Waals surface area contributed by atoms with E-state index in [9.17, 15) is 14.0 Å². The van der Waals surface area contributed by atoms with Crippen LogP contribution < -0.4 is 11.0 Å². The predicted molar refractivity (Wildman–Crippen MR) is 77.7 cm³/mol. The van der Waals surface area contributed by atoms with Crippen LogP contribution in [0.1, 0.15) is 24.4 Å². The molecule has 0 radical (unpaired) electrons. The van der Waals surface area contributed by atoms with Crippen molar-refractivity contribution < 1.29 is 9.18 Å². The molecule has 2 rings (SSSR count). The predicted octanol–water partition coefficient (Wildman–Crippen LogP) is 2.20. The van der Waals surface area contributed by atoms with Crippen LogP contribution in [0, 0.1) is 19.7 Å². The maximum atomic E-state index is 12.8. The highest BCUT2D eigenvalue weighted by Crippen LogP contribution is 2.13. The van der Waals surface area contributed by atoms with Crippen LogP contribution in [0.25, 0.3) is 0 Å². The summed E-state index contributed by atoms with van der Waals surface area (Å²) in [7, 11) is 0. The molecule has 0 fully saturated rings. The molecule has 0 aliphatic rings. The van der Waals surface area contributed by atoms with Crippen LogP contribution in [0.4, 0.5) is 10.1 Å². The largest absolute Gasteiger partial charge is 0.348 e. The molecule has 6 heteroatoms. The maximum Gasteiger partial charge on any atom is 0.348 e. The number of carbonyl (C=O) groups is 1. The van der Waals surface area contributed by atoms with Crippen molar-refractivity contribution >= 4 is 11.6 Å². The van der Waals surface area contributed by atoms with Gasteiger partial charge in [-0.05, 0) is 51.1 Å². The molecule has 0 unspecified atom stereocenters. The zero-order chi connectivity index (χ0) is 15.6. The van der Waals surface area contributed by atoms with Crippen LogP contribution in [-0.4, -0.2) is 15.5 Å². The maximum absolute atomic E-state index is 12.8. The molecule has 0 bridgehead atoms. The Bertz CT molecular complexity index is 723. The fraction of sp³-hybridized carbons (Fsp3) is 0.267. The standard InChI is InChI=1S/C15H16FN3O2/c1-9-8-10(2)19(15(21)17-9)11(3)14(20)18-13-6-4-12(16)5-7-13/h4-8,11H,1-3H3,(H,18,20)/t11-/m0/s1. The highest BCUT2D eigenvalue weighted by atomic mass is 19.1. The molecule has 21 heavy (non-hydrogen) atoms. The minimum Gasteiger partial charge on any atom is -0.324 e. The number of aryl methyl sites for hydroxylation is 2. The van der Waals surface area contributed by atoms with Gasteiger partial charge in [0.05, 0.1) is 0 Å². The van der Waals surface area contributed by atoms with Gasteiger partial charge in [-0.1, -0.05) is 0 Å². The summed E-state index contributed by atoms with van der Waals surface area (Å²) in [5, 5.41) is 2.64. The van der Waals surface area contributed by atoms with Crippen molar-refractivity contribution in [1.29, 1.82) is 0 Å². The summed E-state index contributed by atoms with van der Waals surface area (Å²) in [6.07, 6.45) is 0. The molecule has 1 atom stereocenters. The Morgan fingerprint density at radius 2 is 1.90 bits per heavy atom. The average Bonchev–Trinajstić information content (AvgIpc) is 2.40. The second-order valence-corrected chi connectivity index (χ2v) is 4.86. The number of aromatic nitrogens is 2. The van der Waals surface area contributed by atoms with E-state index >= 15 is 0 Å². The quantitative estimate of drug-likeness (QED) is 0.942. The fourth-order valence-corrected chi connectivity index (χ4v) is 2.13. The molecule has 1 aromatic carbocycles. The van der Waals surface area contributed by atoms with E-state index in [1.807, 2.05) is 0 Å². The van der Waals surface area contributed by atoms with Gasteiger partial charge in [-0.3, -0.25) is 9.36 Å². The van der Waals surface area contributed by atoms with Crippen LogP contribution in [0.5, 0.6) is 0 Å². The first-order valence-electron chi connectivity index (χ1n) is 6.51. The van der Waals surface area contributed by atoms with Crippen LogP contribution in [0.3, 0.4) is 0 Å². The topological polar surface area (TPSA) is 64.0 Å². The Morgan fingerprint density at radius 1 is 1.29 bits per heavy atom. The zero-order valence-electron chi connectivity index (χ0n) is 12.1. The summed E-state index contributed by atoms with van der Waals surface area (Å²) in [4.78, 5) is 28.0. The van der Waals surface area contributed by atoms with Gasteiger partial charge in [0.25, 0.3) is 0 Å². The third kappa shape index (κ3) is 3.34. The van der Waals surface area contributed by atoms with Gasteiger partial charge in [0.2, 0.25) is 5.91 Å². The van der Waals surface area contributed by atoms with Crippen molar-refractivity contribution in [2.24, 2.45) is 0 Å². The molecule has 110 valence electrons. The summed E-state index contributed by atoms with van der Waals surface area (Å²) >= 11 is 0. The van der Waals surface area contributed by atoms with E-state index in [-0.39, 0.29) is 11.7 Å². The lowest BCUT2D eigenvalue weighted by Crippen LogP contribution is -2.34. The van der Waals surface area contributed by atoms with Gasteiger partial charge in [-0.2, -0.15) is 4.98 Å². The van der Waals surface area contributed by atoms with Gasteiger partial charge in [-0.15, -0.1) is 0 Å². The van der Waals surface area contributed by atoms with E-state index in [1.165, 1.54) is 28.8 Å². The molecule has 1 aromatic heterocycles. The Labute approximate surface area is 121 Å². The van der Waals surface area contributed by atoms with Gasteiger partial charge in [-0.25, -0.2) is 9.18 Å². The molecule has 0 spiro atoms. The van der Waals surface area contributed by atoms with Crippen molar-refractivity contribution in [2.75, 3.05) is 5.32 Å². The number of hydrogen-bond donors (Lipinski definition) is 1. The van der Waals surface area contributed by atoms with Crippen molar-refractivity contribution in [3.63, 3.8) is 0 Å². The molecular formula is C15H16FN3O2. The third-order valence-corrected chi connectivity index (χ3v) is 3.15. The van der Waals surface area contributed by atoms with Crippen molar-refractivity contribution in [1.82, 2.24) is 9.55 Å². The van der Waals surface area contributed by atoms with E-state index in [2.05, 4.69) is 10.3 Å². The zero-order valence-corrected chi connectivity index (χ0v) is 12.1. The number of hydrogen-bond acceptors (Lipinski definition) is 3. The summed E-state index contributed by atoms with van der Waals surface area (Å²) in [6.45, 7) is 5.09. The number of benzene rings is 1. The SMILES string of the molecule is Cc1cc(C)n([C@@H](C)C(=O)Nc2ccc(F)cc2)c(=O)n1. The minimum absolute atomic E-state index is 0.363. The lowest BCUT2D eigenvalue weighted by atomic mass is 10.2. The molecule has 2 aromatic rings. The smallest absolute Gasteiger partial charge is 0.324 e. The molecule has 1 N–H and O–H groups in total. The van der Waals surface area contributed by atoms with Crippen LogP contribution >= 0.6 is 0 Å². The number of amides is 1. The number of rotatable bonds is 3. The van der Waals surface area contributed by atoms with Crippen LogP contribution in [0.15, 0.2) is 35.1 Å². The van der Waals surface area contributed by atoms with E-state index in [4.69, 9.17) is 0 Å². The number of carbonyl (C=O) groups excluding carboxylic acids is 1. The van der Waals surface area contributed by atoms with Gasteiger partial charge >= 0.3 is 5.69 Å². The van der Waals surface area contributed by atoms with E-state index < -0.39 is 11.7 Å². The van der Waals surface area contributed by atoms with Crippen molar-refractivity contribution in [2.45, 2.75) is 26.8 Å². The molecule has 0 saturated heterocycles. The van der Waals surface area contributed by atoms with Crippen molar-refractivity contribution in [3.05, 3.63) is 58.0 Å². The normalized spacial score (nSPS) is 12.0. The lowest BCUT2D eigenvalue weighted by molar-refractivity contribution is -0.118. The van der Waals surface area contributed by atoms with E-state index in [0.717, 1.165) is 0 Å². The van der Waals surface area contributed by atoms with Gasteiger partial charge in [0.15, 0.2) is 0 Å². The summed E-state index contributed by atoms with van der Waals surface area (Å²) < 4.78 is 14.2. The monoisotopic (exact) mass is 289 g/mol. The van der Waals surface area contributed by atoms with Crippen LogP contribution in [0.2, 0.25) is 0 Å². The molecule has 1 heterocycles. The number of nitrogens with one attached hydrogen (secondary N) is 1. The average molecular weight is 289 g/mol. The molecule has 0 aliphatic heterocycles. The molecule has 0 aliphatic carbocycles. The molecule has 0 saturated carbocycles. The van der Waals surface area contributed by atoms with Gasteiger partial charge < -0.3 is 5.32 Å². The highest BCUT2D eigenvalue weighted by molar-refractivity contribution is 5.93. The first kappa shape index (κ1) is 14.9. The Hall–Kier alpha value is -2.50. The second kappa shape index (κ2) is 5.87. The van der Waals surface area contributed by atoms with E-state index in [1.54, 1.807) is 26.8 Å². The Balaban J connectivity index is 2.24. The molecule has 5 nitrogen and oxygen atoms in total. The van der Waals surface area contributed by atoms with Crippen molar-refractivity contribution in [3.8, 4) is 0 Å². The third-order valence-electron chi connectivity index (χ3n) is 3.15. The second-order valence-electron chi connectivity index (χ2n) is 4.86. The number of halogens is 1. The fourth-order valence-electron chi connectivity index (χ4n) is 2.13. The molecule has 1 amide bonds. The first-order valence-corrected chi connectivity index (χ1v) is 6.51. The number of anilines is 1. The Kier molecular flexibility index (Phi) is 4.16. The highest BCUT2D eigenvalue weighted by Gasteiger charge is 2.18. The number of nitrogens with zero attached hydrogens (tertiary/aromatic N) is 2. The van der Waals surface area contributed by atoms with E-state index in [0.29, 0.717) is 17.1 Å². The minimum atomic E-state index is -0.712. The van der Waals surface area contributed by atoms with Crippen LogP contribution in [-0.2, 0) is 4.79 Å². The molecular weight excluding hydrogens is 273 g/mol. The summed E-state index contributed by atoms with van der Waals surface area (Å²) in [6, 6.07) is 6.46. The summed E-state index contributed by atoms with van der Waals surface area (Å²) in [5.41, 5.74) is 1.28. The first-order chi connectivity index (χ1) is 9.88. The summed E-state index contributed by atoms with van der Waals surface area (Å²) in [5.74, 6) is -0.742. The lowest BCUT2D eigenvalue weighted by Gasteiger charge is -2.17. The van der Waals surface area contributed by atoms with Gasteiger partial charge in [0, 0.05) is 17.1 Å².